The van der Waals surface area contributed by atoms with Crippen molar-refractivity contribution in [3.8, 4) is 0 Å². The fourth-order valence-electron chi connectivity index (χ4n) is 1.47. The zero-order chi connectivity index (χ0) is 13.7. The van der Waals surface area contributed by atoms with E-state index in [0.29, 0.717) is 5.56 Å². The van der Waals surface area contributed by atoms with Crippen LogP contribution in [-0.4, -0.2) is 23.0 Å². The summed E-state index contributed by atoms with van der Waals surface area (Å²) in [7, 11) is 0. The average Bonchev–Trinajstić information content (AvgIpc) is 2.35. The summed E-state index contributed by atoms with van der Waals surface area (Å²) < 4.78 is 0. The van der Waals surface area contributed by atoms with Crippen LogP contribution in [0.4, 0.5) is 0 Å². The van der Waals surface area contributed by atoms with Gasteiger partial charge in [-0.3, -0.25) is 4.79 Å². The predicted molar refractivity (Wildman–Crippen MR) is 67.8 cm³/mol. The summed E-state index contributed by atoms with van der Waals surface area (Å²) in [6.45, 7) is 3.62. The molecule has 4 N–H and O–H groups in total. The van der Waals surface area contributed by atoms with Crippen LogP contribution in [0, 0.1) is 5.92 Å². The second-order valence-electron chi connectivity index (χ2n) is 4.46. The van der Waals surface area contributed by atoms with Crippen LogP contribution in [0.1, 0.15) is 25.5 Å². The number of rotatable bonds is 5. The topological polar surface area (TPSA) is 92.4 Å². The highest BCUT2D eigenvalue weighted by molar-refractivity contribution is 5.87. The van der Waals surface area contributed by atoms with Gasteiger partial charge in [0.05, 0.1) is 6.04 Å². The number of benzene rings is 1. The number of carbonyl (C=O) groups excluding carboxylic acids is 1. The number of aliphatic carboxylic acids is 1. The second kappa shape index (κ2) is 6.16. The summed E-state index contributed by atoms with van der Waals surface area (Å²) in [6.07, 6.45) is 0. The number of carboxylic acids is 1. The maximum absolute atomic E-state index is 11.8. The van der Waals surface area contributed by atoms with Crippen molar-refractivity contribution in [1.29, 1.82) is 0 Å². The molecule has 18 heavy (non-hydrogen) atoms. The molecular formula is C13H18N2O3. The van der Waals surface area contributed by atoms with Gasteiger partial charge in [0.2, 0.25) is 5.91 Å². The first-order chi connectivity index (χ1) is 8.43. The average molecular weight is 250 g/mol. The Labute approximate surface area is 106 Å². The highest BCUT2D eigenvalue weighted by atomic mass is 16.4. The Morgan fingerprint density at radius 3 is 2.22 bits per heavy atom. The zero-order valence-electron chi connectivity index (χ0n) is 10.5. The number of carboxylic acid groups (broad SMARTS) is 1. The predicted octanol–water partition coefficient (Wildman–Crippen LogP) is 0.912. The van der Waals surface area contributed by atoms with E-state index in [9.17, 15) is 9.59 Å². The minimum absolute atomic E-state index is 0.0461. The summed E-state index contributed by atoms with van der Waals surface area (Å²) in [4.78, 5) is 22.9. The van der Waals surface area contributed by atoms with Gasteiger partial charge >= 0.3 is 5.97 Å². The Hall–Kier alpha value is -1.88. The van der Waals surface area contributed by atoms with Crippen LogP contribution < -0.4 is 11.1 Å². The molecule has 0 aromatic heterocycles. The molecule has 0 heterocycles. The lowest BCUT2D eigenvalue weighted by Crippen LogP contribution is -2.46. The molecule has 0 aliphatic heterocycles. The van der Waals surface area contributed by atoms with Crippen molar-refractivity contribution in [3.63, 3.8) is 0 Å². The van der Waals surface area contributed by atoms with Gasteiger partial charge < -0.3 is 16.2 Å². The molecule has 0 aliphatic rings. The van der Waals surface area contributed by atoms with Gasteiger partial charge in [0.1, 0.15) is 0 Å². The van der Waals surface area contributed by atoms with E-state index in [2.05, 4.69) is 5.32 Å². The van der Waals surface area contributed by atoms with Crippen molar-refractivity contribution in [2.24, 2.45) is 11.7 Å². The van der Waals surface area contributed by atoms with Crippen molar-refractivity contribution >= 4 is 11.9 Å². The molecular weight excluding hydrogens is 232 g/mol. The summed E-state index contributed by atoms with van der Waals surface area (Å²) in [5.41, 5.74) is 6.20. The van der Waals surface area contributed by atoms with Crippen LogP contribution in [0.25, 0.3) is 0 Å². The molecule has 0 aliphatic carbocycles. The van der Waals surface area contributed by atoms with Crippen LogP contribution in [0.5, 0.6) is 0 Å². The Balaban J connectivity index is 2.83. The Bertz CT molecular complexity index is 418. The maximum Gasteiger partial charge on any atom is 0.330 e. The van der Waals surface area contributed by atoms with Gasteiger partial charge in [0.25, 0.3) is 0 Å². The van der Waals surface area contributed by atoms with Crippen molar-refractivity contribution in [1.82, 2.24) is 5.32 Å². The first kappa shape index (κ1) is 14.2. The summed E-state index contributed by atoms with van der Waals surface area (Å²) in [5.74, 6) is -1.61. The molecule has 0 bridgehead atoms. The first-order valence-corrected chi connectivity index (χ1v) is 5.77. The third kappa shape index (κ3) is 3.56. The zero-order valence-corrected chi connectivity index (χ0v) is 10.5. The Morgan fingerprint density at radius 2 is 1.78 bits per heavy atom. The van der Waals surface area contributed by atoms with E-state index in [1.807, 2.05) is 13.8 Å². The Morgan fingerprint density at radius 1 is 1.22 bits per heavy atom. The van der Waals surface area contributed by atoms with Gasteiger partial charge in [0, 0.05) is 0 Å². The minimum Gasteiger partial charge on any atom is -0.479 e. The number of amides is 1. The lowest BCUT2D eigenvalue weighted by molar-refractivity contribution is -0.142. The molecule has 0 radical (unpaired) electrons. The number of nitrogens with one attached hydrogen (secondary N) is 1. The number of carbonyl (C=O) groups is 2. The van der Waals surface area contributed by atoms with E-state index < -0.39 is 24.0 Å². The minimum atomic E-state index is -1.11. The van der Waals surface area contributed by atoms with Crippen LogP contribution >= 0.6 is 0 Å². The molecule has 0 fully saturated rings. The first-order valence-electron chi connectivity index (χ1n) is 5.77. The van der Waals surface area contributed by atoms with Gasteiger partial charge in [-0.2, -0.15) is 0 Å². The fourth-order valence-corrected chi connectivity index (χ4v) is 1.47. The molecule has 0 saturated carbocycles. The third-order valence-corrected chi connectivity index (χ3v) is 2.69. The Kier molecular flexibility index (Phi) is 4.85. The molecule has 1 unspecified atom stereocenters. The van der Waals surface area contributed by atoms with E-state index >= 15 is 0 Å². The normalized spacial score (nSPS) is 14.0. The third-order valence-electron chi connectivity index (χ3n) is 2.69. The molecule has 5 nitrogen and oxygen atoms in total. The van der Waals surface area contributed by atoms with Gasteiger partial charge in [-0.05, 0) is 11.5 Å². The SMILES string of the molecule is CC(C)[C@@H](N)C(=O)NC(C(=O)O)c1ccccc1. The molecule has 5 heteroatoms. The lowest BCUT2D eigenvalue weighted by Gasteiger charge is -2.20. The van der Waals surface area contributed by atoms with Crippen LogP contribution in [0.3, 0.4) is 0 Å². The maximum atomic E-state index is 11.8. The molecule has 0 spiro atoms. The second-order valence-corrected chi connectivity index (χ2v) is 4.46. The van der Waals surface area contributed by atoms with Crippen molar-refractivity contribution in [2.45, 2.75) is 25.9 Å². The summed E-state index contributed by atoms with van der Waals surface area (Å²) in [6, 6.07) is 6.75. The largest absolute Gasteiger partial charge is 0.479 e. The number of hydrogen-bond acceptors (Lipinski definition) is 3. The van der Waals surface area contributed by atoms with E-state index in [-0.39, 0.29) is 5.92 Å². The monoisotopic (exact) mass is 250 g/mol. The van der Waals surface area contributed by atoms with E-state index in [1.165, 1.54) is 0 Å². The molecule has 0 saturated heterocycles. The number of hydrogen-bond donors (Lipinski definition) is 3. The van der Waals surface area contributed by atoms with Gasteiger partial charge in [-0.25, -0.2) is 4.79 Å². The van der Waals surface area contributed by atoms with Crippen LogP contribution in [0.2, 0.25) is 0 Å². The molecule has 2 atom stereocenters. The van der Waals surface area contributed by atoms with E-state index in [0.717, 1.165) is 0 Å². The summed E-state index contributed by atoms with van der Waals surface area (Å²) >= 11 is 0. The van der Waals surface area contributed by atoms with Crippen LogP contribution in [-0.2, 0) is 9.59 Å². The molecule has 1 aromatic rings. The molecule has 98 valence electrons. The van der Waals surface area contributed by atoms with E-state index in [1.54, 1.807) is 30.3 Å². The quantitative estimate of drug-likeness (QED) is 0.724. The molecule has 1 aromatic carbocycles. The van der Waals surface area contributed by atoms with Gasteiger partial charge in [-0.15, -0.1) is 0 Å². The van der Waals surface area contributed by atoms with Gasteiger partial charge in [-0.1, -0.05) is 44.2 Å². The van der Waals surface area contributed by atoms with Crippen molar-refractivity contribution in [2.75, 3.05) is 0 Å². The van der Waals surface area contributed by atoms with Gasteiger partial charge in [0.15, 0.2) is 6.04 Å². The fraction of sp³-hybridized carbons (Fsp3) is 0.385. The molecule has 1 rings (SSSR count). The smallest absolute Gasteiger partial charge is 0.330 e. The van der Waals surface area contributed by atoms with E-state index in [4.69, 9.17) is 10.8 Å². The highest BCUT2D eigenvalue weighted by Gasteiger charge is 2.25. The van der Waals surface area contributed by atoms with Crippen molar-refractivity contribution < 1.29 is 14.7 Å². The number of nitrogens with two attached hydrogens (primary N) is 1. The summed E-state index contributed by atoms with van der Waals surface area (Å²) in [5, 5.41) is 11.6. The molecule has 1 amide bonds. The highest BCUT2D eigenvalue weighted by Crippen LogP contribution is 2.13. The lowest BCUT2D eigenvalue weighted by atomic mass is 10.0. The van der Waals surface area contributed by atoms with Crippen molar-refractivity contribution in [3.05, 3.63) is 35.9 Å². The van der Waals surface area contributed by atoms with Crippen LogP contribution in [0.15, 0.2) is 30.3 Å². The standard InChI is InChI=1S/C13H18N2O3/c1-8(2)10(14)12(16)15-11(13(17)18)9-6-4-3-5-7-9/h3-8,10-11H,14H2,1-2H3,(H,15,16)(H,17,18)/t10-,11?/m1/s1.